The second-order valence-electron chi connectivity index (χ2n) is 5.81. The number of carbonyl (C=O) groups excluding carboxylic acids is 1. The number of amides is 1. The number of nitrogens with two attached hydrogens (primary N) is 1. The van der Waals surface area contributed by atoms with E-state index in [-0.39, 0.29) is 18.4 Å². The van der Waals surface area contributed by atoms with Crippen LogP contribution >= 0.6 is 0 Å². The van der Waals surface area contributed by atoms with Crippen LogP contribution in [0.4, 0.5) is 0 Å². The summed E-state index contributed by atoms with van der Waals surface area (Å²) in [6.45, 7) is 5.48. The Kier molecular flexibility index (Phi) is 7.54. The van der Waals surface area contributed by atoms with Crippen LogP contribution in [0.15, 0.2) is 45.8 Å². The normalized spacial score (nSPS) is 12.3. The lowest BCUT2D eigenvalue weighted by Gasteiger charge is -2.18. The van der Waals surface area contributed by atoms with Crippen LogP contribution in [-0.2, 0) is 6.54 Å². The van der Waals surface area contributed by atoms with Crippen LogP contribution in [0.5, 0.6) is 11.5 Å². The summed E-state index contributed by atoms with van der Waals surface area (Å²) in [4.78, 5) is 15.5. The van der Waals surface area contributed by atoms with Gasteiger partial charge in [-0.2, -0.15) is 0 Å². The lowest BCUT2D eigenvalue weighted by molar-refractivity contribution is 0.0972. The topological polar surface area (TPSA) is 111 Å². The molecule has 0 aliphatic rings. The largest absolute Gasteiger partial charge is 0.497 e. The van der Waals surface area contributed by atoms with Crippen LogP contribution in [0.1, 0.15) is 30.2 Å². The number of hydrogen-bond donors (Lipinski definition) is 3. The van der Waals surface area contributed by atoms with E-state index >= 15 is 0 Å². The minimum Gasteiger partial charge on any atom is -0.497 e. The molecule has 8 nitrogen and oxygen atoms in total. The summed E-state index contributed by atoms with van der Waals surface area (Å²) in [5.41, 5.74) is 5.18. The first-order chi connectivity index (χ1) is 13.0. The predicted octanol–water partition coefficient (Wildman–Crippen LogP) is 1.91. The average molecular weight is 374 g/mol. The van der Waals surface area contributed by atoms with Crippen molar-refractivity contribution < 1.29 is 18.7 Å². The van der Waals surface area contributed by atoms with E-state index in [9.17, 15) is 4.79 Å². The highest BCUT2D eigenvalue weighted by molar-refractivity contribution is 5.89. The van der Waals surface area contributed by atoms with E-state index < -0.39 is 5.91 Å². The van der Waals surface area contributed by atoms with Gasteiger partial charge in [-0.1, -0.05) is 6.07 Å². The van der Waals surface area contributed by atoms with Crippen LogP contribution < -0.4 is 25.8 Å². The number of primary amides is 1. The molecule has 0 radical (unpaired) electrons. The van der Waals surface area contributed by atoms with Crippen molar-refractivity contribution in [3.8, 4) is 11.5 Å². The Morgan fingerprint density at radius 1 is 1.26 bits per heavy atom. The van der Waals surface area contributed by atoms with Gasteiger partial charge in [0.05, 0.1) is 13.7 Å². The smallest absolute Gasteiger partial charge is 0.284 e. The number of rotatable bonds is 9. The van der Waals surface area contributed by atoms with Crippen molar-refractivity contribution in [2.75, 3.05) is 20.2 Å². The number of ether oxygens (including phenoxy) is 2. The molecule has 8 heteroatoms. The molecular weight excluding hydrogens is 348 g/mol. The predicted molar refractivity (Wildman–Crippen MR) is 103 cm³/mol. The summed E-state index contributed by atoms with van der Waals surface area (Å²) < 4.78 is 16.4. The summed E-state index contributed by atoms with van der Waals surface area (Å²) in [5, 5.41) is 6.37. The second kappa shape index (κ2) is 10.1. The Balaban J connectivity index is 1.89. The third-order valence-corrected chi connectivity index (χ3v) is 3.58. The summed E-state index contributed by atoms with van der Waals surface area (Å²) in [7, 11) is 1.62. The Bertz CT molecular complexity index is 773. The van der Waals surface area contributed by atoms with Gasteiger partial charge in [-0.05, 0) is 38.1 Å². The van der Waals surface area contributed by atoms with Gasteiger partial charge in [0.1, 0.15) is 29.9 Å². The maximum Gasteiger partial charge on any atom is 0.284 e. The van der Waals surface area contributed by atoms with Gasteiger partial charge in [-0.3, -0.25) is 4.79 Å². The first kappa shape index (κ1) is 20.2. The first-order valence-corrected chi connectivity index (χ1v) is 8.73. The summed E-state index contributed by atoms with van der Waals surface area (Å²) in [5.74, 6) is 2.19. The summed E-state index contributed by atoms with van der Waals surface area (Å²) in [6.07, 6.45) is -0.0916. The first-order valence-electron chi connectivity index (χ1n) is 8.73. The van der Waals surface area contributed by atoms with Gasteiger partial charge in [-0.15, -0.1) is 0 Å². The number of guanidine groups is 1. The molecule has 1 atom stereocenters. The number of furan rings is 1. The molecule has 1 amide bonds. The van der Waals surface area contributed by atoms with Gasteiger partial charge in [-0.25, -0.2) is 4.99 Å². The second-order valence-corrected chi connectivity index (χ2v) is 5.81. The molecule has 2 rings (SSSR count). The van der Waals surface area contributed by atoms with Crippen molar-refractivity contribution in [2.24, 2.45) is 10.7 Å². The van der Waals surface area contributed by atoms with Gasteiger partial charge in [0.2, 0.25) is 0 Å². The van der Waals surface area contributed by atoms with Crippen molar-refractivity contribution >= 4 is 11.9 Å². The van der Waals surface area contributed by atoms with Crippen molar-refractivity contribution in [2.45, 2.75) is 26.5 Å². The number of nitrogens with one attached hydrogen (secondary N) is 2. The highest BCUT2D eigenvalue weighted by Crippen LogP contribution is 2.19. The molecule has 146 valence electrons. The number of benzene rings is 1. The van der Waals surface area contributed by atoms with Crippen molar-refractivity contribution in [3.05, 3.63) is 47.9 Å². The maximum absolute atomic E-state index is 11.1. The quantitative estimate of drug-likeness (QED) is 0.457. The Morgan fingerprint density at radius 3 is 2.70 bits per heavy atom. The fourth-order valence-electron chi connectivity index (χ4n) is 2.28. The molecule has 0 saturated heterocycles. The molecule has 0 aliphatic heterocycles. The van der Waals surface area contributed by atoms with Crippen LogP contribution in [0.2, 0.25) is 0 Å². The van der Waals surface area contributed by atoms with E-state index in [1.165, 1.54) is 6.07 Å². The SMILES string of the molecule is CCNC(=NCc1ccc(C(N)=O)o1)NCC(C)Oc1cccc(OC)c1. The highest BCUT2D eigenvalue weighted by Gasteiger charge is 2.09. The van der Waals surface area contributed by atoms with Crippen molar-refractivity contribution in [3.63, 3.8) is 0 Å². The van der Waals surface area contributed by atoms with Gasteiger partial charge >= 0.3 is 0 Å². The lowest BCUT2D eigenvalue weighted by Crippen LogP contribution is -2.41. The van der Waals surface area contributed by atoms with Crippen molar-refractivity contribution in [1.82, 2.24) is 10.6 Å². The third-order valence-electron chi connectivity index (χ3n) is 3.58. The molecule has 1 unspecified atom stereocenters. The van der Waals surface area contributed by atoms with Gasteiger partial charge < -0.3 is 30.3 Å². The summed E-state index contributed by atoms with van der Waals surface area (Å²) in [6, 6.07) is 10.7. The van der Waals surface area contributed by atoms with Gasteiger partial charge in [0.15, 0.2) is 11.7 Å². The molecule has 27 heavy (non-hydrogen) atoms. The van der Waals surface area contributed by atoms with Gasteiger partial charge in [0.25, 0.3) is 5.91 Å². The molecule has 0 aliphatic carbocycles. The Hall–Kier alpha value is -3.16. The zero-order chi connectivity index (χ0) is 19.6. The molecule has 4 N–H and O–H groups in total. The van der Waals surface area contributed by atoms with E-state index in [1.807, 2.05) is 38.1 Å². The molecule has 0 bridgehead atoms. The lowest BCUT2D eigenvalue weighted by atomic mass is 10.3. The Labute approximate surface area is 158 Å². The molecular formula is C19H26N4O4. The number of hydrogen-bond acceptors (Lipinski definition) is 5. The zero-order valence-electron chi connectivity index (χ0n) is 15.8. The maximum atomic E-state index is 11.1. The van der Waals surface area contributed by atoms with Gasteiger partial charge in [0, 0.05) is 12.6 Å². The van der Waals surface area contributed by atoms with Crippen LogP contribution in [0.25, 0.3) is 0 Å². The number of carbonyl (C=O) groups is 1. The number of methoxy groups -OCH3 is 1. The fourth-order valence-corrected chi connectivity index (χ4v) is 2.28. The average Bonchev–Trinajstić information content (AvgIpc) is 3.13. The monoisotopic (exact) mass is 374 g/mol. The molecule has 1 heterocycles. The van der Waals surface area contributed by atoms with Crippen LogP contribution in [-0.4, -0.2) is 38.2 Å². The molecule has 0 spiro atoms. The van der Waals surface area contributed by atoms with Crippen LogP contribution in [0.3, 0.4) is 0 Å². The minimum atomic E-state index is -0.598. The zero-order valence-corrected chi connectivity index (χ0v) is 15.8. The standard InChI is InChI=1S/C19H26N4O4/c1-4-21-19(23-12-16-8-9-17(27-16)18(20)24)22-11-13(2)26-15-7-5-6-14(10-15)25-3/h5-10,13H,4,11-12H2,1-3H3,(H2,20,24)(H2,21,22,23). The fraction of sp³-hybridized carbons (Fsp3) is 0.368. The van der Waals surface area contributed by atoms with E-state index in [4.69, 9.17) is 19.6 Å². The molecule has 1 aromatic heterocycles. The molecule has 0 fully saturated rings. The van der Waals surface area contributed by atoms with E-state index in [1.54, 1.807) is 13.2 Å². The van der Waals surface area contributed by atoms with Crippen LogP contribution in [0, 0.1) is 0 Å². The molecule has 2 aromatic rings. The van der Waals surface area contributed by atoms with E-state index in [0.29, 0.717) is 24.8 Å². The van der Waals surface area contributed by atoms with E-state index in [2.05, 4.69) is 15.6 Å². The minimum absolute atomic E-state index is 0.0916. The molecule has 1 aromatic carbocycles. The number of aliphatic imine (C=N–C) groups is 1. The van der Waals surface area contributed by atoms with E-state index in [0.717, 1.165) is 11.5 Å². The van der Waals surface area contributed by atoms with Crippen molar-refractivity contribution in [1.29, 1.82) is 0 Å². The Morgan fingerprint density at radius 2 is 2.04 bits per heavy atom. The third kappa shape index (κ3) is 6.58. The molecule has 0 saturated carbocycles. The summed E-state index contributed by atoms with van der Waals surface area (Å²) >= 11 is 0. The number of nitrogens with zero attached hydrogens (tertiary/aromatic N) is 1. The highest BCUT2D eigenvalue weighted by atomic mass is 16.5.